The summed E-state index contributed by atoms with van der Waals surface area (Å²) in [5.41, 5.74) is -1.07. The number of H-pyrrole nitrogens is 1. The van der Waals surface area contributed by atoms with Crippen LogP contribution in [0.25, 0.3) is 0 Å². The average Bonchev–Trinajstić information content (AvgIpc) is 3.18. The molecule has 0 aliphatic carbocycles. The largest absolute Gasteiger partial charge is 0.456 e. The van der Waals surface area contributed by atoms with E-state index in [1.165, 1.54) is 14.2 Å². The summed E-state index contributed by atoms with van der Waals surface area (Å²) in [7, 11) is 2.48. The maximum atomic E-state index is 13.0. The van der Waals surface area contributed by atoms with Crippen LogP contribution in [0, 0.1) is 0 Å². The highest BCUT2D eigenvalue weighted by Gasteiger charge is 2.52. The first-order valence-corrected chi connectivity index (χ1v) is 13.0. The van der Waals surface area contributed by atoms with Crippen molar-refractivity contribution >= 4 is 17.7 Å². The number of methoxy groups -OCH3 is 1. The zero-order chi connectivity index (χ0) is 30.7. The van der Waals surface area contributed by atoms with Gasteiger partial charge >= 0.3 is 5.69 Å². The Morgan fingerprint density at radius 1 is 1.21 bits per heavy atom. The minimum Gasteiger partial charge on any atom is -0.456 e. The number of carbonyl (C=O) groups excluding carboxylic acids is 3. The molecule has 230 valence electrons. The second kappa shape index (κ2) is 13.0. The highest BCUT2D eigenvalue weighted by Crippen LogP contribution is 2.34. The van der Waals surface area contributed by atoms with Gasteiger partial charge in [0.1, 0.15) is 36.6 Å². The molecule has 3 aliphatic heterocycles. The first-order chi connectivity index (χ1) is 19.9. The number of likely N-dealkylation sites (N-methyl/N-ethyl adjacent to an activating group) is 1. The number of rotatable bonds is 8. The van der Waals surface area contributed by atoms with Crippen molar-refractivity contribution in [3.05, 3.63) is 57.2 Å². The molecule has 1 aromatic rings. The summed E-state index contributed by atoms with van der Waals surface area (Å²) < 4.78 is 23.3. The number of hydrogen-bond donors (Lipinski definition) is 7. The molecule has 0 bridgehead atoms. The molecule has 2 saturated heterocycles. The Kier molecular flexibility index (Phi) is 9.60. The Bertz CT molecular complexity index is 1360. The van der Waals surface area contributed by atoms with Gasteiger partial charge < -0.3 is 50.2 Å². The van der Waals surface area contributed by atoms with Crippen LogP contribution in [0.3, 0.4) is 0 Å². The number of aliphatic hydroxyl groups excluding tert-OH is 3. The van der Waals surface area contributed by atoms with E-state index in [1.54, 1.807) is 0 Å². The van der Waals surface area contributed by atoms with Crippen molar-refractivity contribution in [1.82, 2.24) is 25.5 Å². The molecule has 0 saturated carbocycles. The van der Waals surface area contributed by atoms with Crippen molar-refractivity contribution in [2.75, 3.05) is 14.2 Å². The first-order valence-electron chi connectivity index (χ1n) is 13.0. The fourth-order valence-electron chi connectivity index (χ4n) is 4.85. The van der Waals surface area contributed by atoms with Crippen LogP contribution in [0.1, 0.15) is 25.5 Å². The number of amides is 3. The molecule has 4 heterocycles. The fourth-order valence-corrected chi connectivity index (χ4v) is 4.85. The molecule has 17 heteroatoms. The van der Waals surface area contributed by atoms with Crippen molar-refractivity contribution in [1.29, 1.82) is 0 Å². The summed E-state index contributed by atoms with van der Waals surface area (Å²) in [6.07, 6.45) is -9.20. The molecule has 3 aliphatic rings. The first kappa shape index (κ1) is 31.1. The monoisotopic (exact) mass is 595 g/mol. The van der Waals surface area contributed by atoms with E-state index in [-0.39, 0.29) is 0 Å². The minimum absolute atomic E-state index is 0.313. The molecule has 1 aromatic heterocycles. The van der Waals surface area contributed by atoms with Crippen LogP contribution < -0.4 is 27.2 Å². The van der Waals surface area contributed by atoms with Crippen molar-refractivity contribution < 1.29 is 48.7 Å². The highest BCUT2D eigenvalue weighted by molar-refractivity contribution is 5.96. The molecule has 17 nitrogen and oxygen atoms in total. The van der Waals surface area contributed by atoms with E-state index in [1.807, 2.05) is 4.98 Å². The molecule has 7 N–H and O–H groups in total. The Labute approximate surface area is 238 Å². The van der Waals surface area contributed by atoms with E-state index in [0.717, 1.165) is 22.9 Å². The lowest BCUT2D eigenvalue weighted by Gasteiger charge is -2.35. The van der Waals surface area contributed by atoms with Crippen LogP contribution in [0.2, 0.25) is 0 Å². The SMILES string of the molecule is C=C1CCC[C@H](NC(=O)C2=C[C@H](O)[C@H](O)[C@@H](O[C@@H](C(=O)NC)[C@H]3O[C@@H](n4ccc(=O)[nH]c4=O)[C@H](O)[C@@H]3OC)O2)C(=O)N1. The molecule has 0 aromatic carbocycles. The molecule has 0 unspecified atom stereocenters. The summed E-state index contributed by atoms with van der Waals surface area (Å²) in [6.45, 7) is 3.73. The smallest absolute Gasteiger partial charge is 0.330 e. The van der Waals surface area contributed by atoms with Crippen LogP contribution in [0.4, 0.5) is 0 Å². The van der Waals surface area contributed by atoms with E-state index in [2.05, 4.69) is 22.5 Å². The van der Waals surface area contributed by atoms with Gasteiger partial charge in [-0.2, -0.15) is 0 Å². The summed E-state index contributed by atoms with van der Waals surface area (Å²) in [5, 5.41) is 39.4. The Morgan fingerprint density at radius 2 is 1.95 bits per heavy atom. The number of aromatic amines is 1. The molecule has 3 amide bonds. The molecular formula is C25H33N5O12. The predicted octanol–water partition coefficient (Wildman–Crippen LogP) is -3.80. The van der Waals surface area contributed by atoms with Gasteiger partial charge in [-0.3, -0.25) is 28.7 Å². The topological polar surface area (TPSA) is 240 Å². The van der Waals surface area contributed by atoms with Crippen LogP contribution in [0.5, 0.6) is 0 Å². The van der Waals surface area contributed by atoms with E-state index in [9.17, 15) is 39.3 Å². The van der Waals surface area contributed by atoms with Crippen LogP contribution in [0.15, 0.2) is 46.0 Å². The van der Waals surface area contributed by atoms with E-state index < -0.39 is 89.9 Å². The Hall–Kier alpha value is -3.87. The second-order valence-electron chi connectivity index (χ2n) is 9.88. The van der Waals surface area contributed by atoms with E-state index >= 15 is 0 Å². The van der Waals surface area contributed by atoms with Crippen molar-refractivity contribution in [2.45, 2.75) is 74.4 Å². The Balaban J connectivity index is 1.54. The number of hydrogen-bond acceptors (Lipinski definition) is 12. The quantitative estimate of drug-likeness (QED) is 0.153. The number of carbonyl (C=O) groups is 3. The minimum atomic E-state index is -1.82. The molecule has 4 rings (SSSR count). The number of nitrogens with zero attached hydrogens (tertiary/aromatic N) is 1. The Morgan fingerprint density at radius 3 is 2.62 bits per heavy atom. The third-order valence-electron chi connectivity index (χ3n) is 7.04. The molecule has 9 atom stereocenters. The van der Waals surface area contributed by atoms with Gasteiger partial charge in [0.2, 0.25) is 12.2 Å². The van der Waals surface area contributed by atoms with Gasteiger partial charge in [0.25, 0.3) is 17.4 Å². The maximum absolute atomic E-state index is 13.0. The average molecular weight is 596 g/mol. The van der Waals surface area contributed by atoms with Gasteiger partial charge in [0.05, 0.1) is 0 Å². The number of aromatic nitrogens is 2. The normalized spacial score (nSPS) is 32.2. The predicted molar refractivity (Wildman–Crippen MR) is 139 cm³/mol. The lowest BCUT2D eigenvalue weighted by atomic mass is 10.0. The van der Waals surface area contributed by atoms with Gasteiger partial charge in [-0.05, 0) is 25.3 Å². The van der Waals surface area contributed by atoms with Crippen LogP contribution in [-0.2, 0) is 33.3 Å². The molecule has 42 heavy (non-hydrogen) atoms. The second-order valence-corrected chi connectivity index (χ2v) is 9.88. The summed E-state index contributed by atoms with van der Waals surface area (Å²) >= 11 is 0. The van der Waals surface area contributed by atoms with Crippen molar-refractivity contribution in [3.63, 3.8) is 0 Å². The number of nitrogens with one attached hydrogen (secondary N) is 4. The fraction of sp³-hybridized carbons (Fsp3) is 0.560. The lowest BCUT2D eigenvalue weighted by molar-refractivity contribution is -0.242. The number of allylic oxidation sites excluding steroid dienone is 1. The zero-order valence-electron chi connectivity index (χ0n) is 22.7. The van der Waals surface area contributed by atoms with Crippen molar-refractivity contribution in [2.24, 2.45) is 0 Å². The summed E-state index contributed by atoms with van der Waals surface area (Å²) in [5.74, 6) is -2.69. The number of aliphatic hydroxyl groups is 3. The molecule has 0 radical (unpaired) electrons. The highest BCUT2D eigenvalue weighted by atomic mass is 16.7. The summed E-state index contributed by atoms with van der Waals surface area (Å²) in [6, 6.07) is 0.105. The molecular weight excluding hydrogens is 562 g/mol. The van der Waals surface area contributed by atoms with Gasteiger partial charge in [-0.1, -0.05) is 6.58 Å². The maximum Gasteiger partial charge on any atom is 0.330 e. The third kappa shape index (κ3) is 6.45. The van der Waals surface area contributed by atoms with E-state index in [0.29, 0.717) is 25.0 Å². The van der Waals surface area contributed by atoms with Crippen molar-refractivity contribution in [3.8, 4) is 0 Å². The van der Waals surface area contributed by atoms with Gasteiger partial charge in [-0.25, -0.2) is 4.79 Å². The summed E-state index contributed by atoms with van der Waals surface area (Å²) in [4.78, 5) is 64.1. The standard InChI is InChI=1S/C25H33N5O12/c1-10-5-4-6-11(20(35)27-10)28-21(36)13-9-12(31)15(33)24(40-13)42-19(22(37)26-2)18-17(39-3)16(34)23(41-18)30-8-7-14(32)29-25(30)38/h7-9,11-12,15-19,23-24,31,33-34H,1,4-6H2,2-3H3,(H,26,37)(H,27,35)(H,28,36)(H,29,32,38)/t11-,12-,15-,16+,17-,18-,19+,23+,24+/m0/s1. The van der Waals surface area contributed by atoms with E-state index in [4.69, 9.17) is 18.9 Å². The number of ether oxygens (including phenoxy) is 4. The molecule has 2 fully saturated rings. The van der Waals surface area contributed by atoms with Crippen LogP contribution >= 0.6 is 0 Å². The van der Waals surface area contributed by atoms with Gasteiger partial charge in [0, 0.05) is 32.1 Å². The van der Waals surface area contributed by atoms with Crippen LogP contribution in [-0.4, -0.2) is 106 Å². The third-order valence-corrected chi connectivity index (χ3v) is 7.04. The lowest BCUT2D eigenvalue weighted by Crippen LogP contribution is -2.55. The van der Waals surface area contributed by atoms with Gasteiger partial charge in [-0.15, -0.1) is 0 Å². The zero-order valence-corrected chi connectivity index (χ0v) is 22.7. The van der Waals surface area contributed by atoms with Gasteiger partial charge in [0.15, 0.2) is 18.1 Å². The molecule has 0 spiro atoms.